The van der Waals surface area contributed by atoms with Crippen molar-refractivity contribution in [2.24, 2.45) is 0 Å². The third kappa shape index (κ3) is 9.47. The SMILES string of the molecule is CCCC1CN(C)CCN1CCCCCCCCSc1cccc(C=O)c1CN(C)C1CCC(=O)NC1=O. The molecule has 0 spiro atoms. The molecule has 1 N–H and O–H groups in total. The second kappa shape index (κ2) is 16.4. The number of nitrogens with one attached hydrogen (secondary N) is 1. The second-order valence-corrected chi connectivity index (χ2v) is 12.2. The van der Waals surface area contributed by atoms with Gasteiger partial charge < -0.3 is 4.90 Å². The summed E-state index contributed by atoms with van der Waals surface area (Å²) in [6, 6.07) is 6.25. The molecule has 0 aliphatic carbocycles. The van der Waals surface area contributed by atoms with Crippen LogP contribution >= 0.6 is 11.8 Å². The van der Waals surface area contributed by atoms with Crippen LogP contribution in [0.2, 0.25) is 0 Å². The Labute approximate surface area is 234 Å². The highest BCUT2D eigenvalue weighted by Crippen LogP contribution is 2.28. The quantitative estimate of drug-likeness (QED) is 0.141. The van der Waals surface area contributed by atoms with E-state index in [4.69, 9.17) is 0 Å². The predicted octanol–water partition coefficient (Wildman–Crippen LogP) is 4.58. The van der Waals surface area contributed by atoms with Gasteiger partial charge in [0.05, 0.1) is 6.04 Å². The zero-order chi connectivity index (χ0) is 27.3. The largest absolute Gasteiger partial charge is 0.304 e. The van der Waals surface area contributed by atoms with Gasteiger partial charge in [0.15, 0.2) is 0 Å². The lowest BCUT2D eigenvalue weighted by atomic mass is 10.0. The van der Waals surface area contributed by atoms with Crippen molar-refractivity contribution in [3.63, 3.8) is 0 Å². The Balaban J connectivity index is 1.36. The van der Waals surface area contributed by atoms with Crippen LogP contribution in [0.25, 0.3) is 0 Å². The number of aldehydes is 1. The van der Waals surface area contributed by atoms with Crippen LogP contribution in [0.15, 0.2) is 23.1 Å². The number of hydrogen-bond acceptors (Lipinski definition) is 7. The Morgan fingerprint density at radius 2 is 1.87 bits per heavy atom. The van der Waals surface area contributed by atoms with E-state index in [1.54, 1.807) is 0 Å². The first-order valence-electron chi connectivity index (χ1n) is 14.6. The number of piperidine rings is 1. The number of carbonyl (C=O) groups is 3. The lowest BCUT2D eigenvalue weighted by molar-refractivity contribution is -0.137. The van der Waals surface area contributed by atoms with E-state index in [9.17, 15) is 14.4 Å². The van der Waals surface area contributed by atoms with Crippen LogP contribution in [0, 0.1) is 0 Å². The molecule has 8 heteroatoms. The molecule has 0 radical (unpaired) electrons. The highest BCUT2D eigenvalue weighted by atomic mass is 32.2. The van der Waals surface area contributed by atoms with Crippen molar-refractivity contribution < 1.29 is 14.4 Å². The number of rotatable bonds is 16. The summed E-state index contributed by atoms with van der Waals surface area (Å²) in [5.74, 6) is 0.572. The minimum atomic E-state index is -0.348. The zero-order valence-corrected chi connectivity index (χ0v) is 24.6. The molecule has 2 saturated heterocycles. The van der Waals surface area contributed by atoms with Gasteiger partial charge in [0.2, 0.25) is 11.8 Å². The van der Waals surface area contributed by atoms with Gasteiger partial charge in [-0.3, -0.25) is 29.5 Å². The number of imide groups is 1. The normalized spacial score (nSPS) is 21.2. The van der Waals surface area contributed by atoms with Crippen LogP contribution in [0.1, 0.15) is 87.1 Å². The number of amides is 2. The first kappa shape index (κ1) is 30.8. The van der Waals surface area contributed by atoms with Crippen molar-refractivity contribution in [3.05, 3.63) is 29.3 Å². The Hall–Kier alpha value is -1.74. The number of hydrogen-bond donors (Lipinski definition) is 1. The number of thioether (sulfide) groups is 1. The topological polar surface area (TPSA) is 73.0 Å². The number of carbonyl (C=O) groups excluding carboxylic acids is 3. The standard InChI is InChI=1S/C30H48N4O3S/c1-4-12-25-21-32(2)18-19-34(25)17-9-7-5-6-8-10-20-38-28-14-11-13-24(23-35)26(28)22-33(3)27-15-16-29(36)31-30(27)37/h11,13-14,23,25,27H,4-10,12,15-22H2,1-3H3,(H,31,36,37). The number of likely N-dealkylation sites (N-methyl/N-ethyl adjacent to an activating group) is 2. The maximum atomic E-state index is 12.3. The van der Waals surface area contributed by atoms with Crippen molar-refractivity contribution in [2.45, 2.75) is 94.7 Å². The van der Waals surface area contributed by atoms with Gasteiger partial charge in [-0.1, -0.05) is 51.2 Å². The van der Waals surface area contributed by atoms with Gasteiger partial charge in [0.1, 0.15) is 6.29 Å². The fourth-order valence-electron chi connectivity index (χ4n) is 5.72. The van der Waals surface area contributed by atoms with Gasteiger partial charge >= 0.3 is 0 Å². The molecule has 2 aliphatic rings. The van der Waals surface area contributed by atoms with E-state index < -0.39 is 0 Å². The highest BCUT2D eigenvalue weighted by molar-refractivity contribution is 7.99. The van der Waals surface area contributed by atoms with Gasteiger partial charge in [-0.15, -0.1) is 11.8 Å². The van der Waals surface area contributed by atoms with Gasteiger partial charge in [-0.2, -0.15) is 0 Å². The smallest absolute Gasteiger partial charge is 0.243 e. The lowest BCUT2D eigenvalue weighted by Crippen LogP contribution is -2.51. The number of piperazine rings is 1. The molecule has 2 fully saturated rings. The van der Waals surface area contributed by atoms with Crippen molar-refractivity contribution in [3.8, 4) is 0 Å². The van der Waals surface area contributed by atoms with E-state index in [2.05, 4.69) is 35.2 Å². The maximum absolute atomic E-state index is 12.3. The molecule has 2 amide bonds. The van der Waals surface area contributed by atoms with E-state index in [0.717, 1.165) is 35.0 Å². The summed E-state index contributed by atoms with van der Waals surface area (Å²) >= 11 is 1.81. The van der Waals surface area contributed by atoms with E-state index in [-0.39, 0.29) is 17.9 Å². The molecule has 1 aromatic rings. The summed E-state index contributed by atoms with van der Waals surface area (Å²) in [5.41, 5.74) is 1.65. The van der Waals surface area contributed by atoms with Crippen LogP contribution < -0.4 is 5.32 Å². The summed E-state index contributed by atoms with van der Waals surface area (Å²) in [7, 11) is 4.14. The Bertz CT molecular complexity index is 911. The van der Waals surface area contributed by atoms with Gasteiger partial charge in [0.25, 0.3) is 0 Å². The Kier molecular flexibility index (Phi) is 13.3. The summed E-state index contributed by atoms with van der Waals surface area (Å²) in [5, 5.41) is 2.43. The summed E-state index contributed by atoms with van der Waals surface area (Å²) < 4.78 is 0. The molecule has 3 rings (SSSR count). The average molecular weight is 545 g/mol. The highest BCUT2D eigenvalue weighted by Gasteiger charge is 2.30. The molecular weight excluding hydrogens is 496 g/mol. The zero-order valence-electron chi connectivity index (χ0n) is 23.8. The molecule has 212 valence electrons. The molecule has 2 unspecified atom stereocenters. The molecule has 7 nitrogen and oxygen atoms in total. The molecule has 1 aromatic carbocycles. The van der Waals surface area contributed by atoms with Crippen molar-refractivity contribution >= 4 is 29.9 Å². The molecule has 0 saturated carbocycles. The fraction of sp³-hybridized carbons (Fsp3) is 0.700. The summed E-state index contributed by atoms with van der Waals surface area (Å²) in [6.45, 7) is 7.69. The summed E-state index contributed by atoms with van der Waals surface area (Å²) in [6.07, 6.45) is 12.0. The second-order valence-electron chi connectivity index (χ2n) is 11.0. The molecular formula is C30H48N4O3S. The Morgan fingerprint density at radius 3 is 2.61 bits per heavy atom. The lowest BCUT2D eigenvalue weighted by Gasteiger charge is -2.40. The van der Waals surface area contributed by atoms with Crippen LogP contribution in [-0.4, -0.2) is 90.9 Å². The molecule has 0 aromatic heterocycles. The van der Waals surface area contributed by atoms with Crippen LogP contribution in [-0.2, 0) is 16.1 Å². The third-order valence-electron chi connectivity index (χ3n) is 7.97. The molecule has 38 heavy (non-hydrogen) atoms. The number of nitrogens with zero attached hydrogens (tertiary/aromatic N) is 3. The van der Waals surface area contributed by atoms with Crippen molar-refractivity contribution in [1.82, 2.24) is 20.0 Å². The number of benzene rings is 1. The van der Waals surface area contributed by atoms with Crippen LogP contribution in [0.3, 0.4) is 0 Å². The molecule has 0 bridgehead atoms. The minimum absolute atomic E-state index is 0.208. The molecule has 2 atom stereocenters. The minimum Gasteiger partial charge on any atom is -0.304 e. The molecule has 2 heterocycles. The van der Waals surface area contributed by atoms with E-state index in [1.807, 2.05) is 35.8 Å². The third-order valence-corrected chi connectivity index (χ3v) is 9.16. The Morgan fingerprint density at radius 1 is 1.11 bits per heavy atom. The van der Waals surface area contributed by atoms with E-state index in [0.29, 0.717) is 24.9 Å². The maximum Gasteiger partial charge on any atom is 0.243 e. The average Bonchev–Trinajstić information content (AvgIpc) is 2.89. The first-order chi connectivity index (χ1) is 18.4. The number of unbranched alkanes of at least 4 members (excludes halogenated alkanes) is 5. The van der Waals surface area contributed by atoms with Crippen LogP contribution in [0.5, 0.6) is 0 Å². The van der Waals surface area contributed by atoms with Gasteiger partial charge in [-0.25, -0.2) is 0 Å². The van der Waals surface area contributed by atoms with E-state index in [1.165, 1.54) is 71.1 Å². The first-order valence-corrected chi connectivity index (χ1v) is 15.6. The van der Waals surface area contributed by atoms with Gasteiger partial charge in [-0.05, 0) is 63.7 Å². The van der Waals surface area contributed by atoms with Crippen molar-refractivity contribution in [1.29, 1.82) is 0 Å². The van der Waals surface area contributed by atoms with Crippen molar-refractivity contribution in [2.75, 3.05) is 46.0 Å². The summed E-state index contributed by atoms with van der Waals surface area (Å²) in [4.78, 5) is 43.8. The predicted molar refractivity (Wildman–Crippen MR) is 156 cm³/mol. The van der Waals surface area contributed by atoms with E-state index >= 15 is 0 Å². The van der Waals surface area contributed by atoms with Crippen LogP contribution in [0.4, 0.5) is 0 Å². The molecule has 2 aliphatic heterocycles. The fourth-order valence-corrected chi connectivity index (χ4v) is 6.82. The van der Waals surface area contributed by atoms with Gasteiger partial charge in [0, 0.05) is 49.1 Å². The monoisotopic (exact) mass is 544 g/mol.